The largest absolute Gasteiger partial charge is 0.393 e. The molecule has 1 fully saturated rings. The Morgan fingerprint density at radius 1 is 1.15 bits per heavy atom. The smallest absolute Gasteiger partial charge is 0.243 e. The van der Waals surface area contributed by atoms with Crippen LogP contribution in [0.15, 0.2) is 53.4 Å². The van der Waals surface area contributed by atoms with E-state index in [2.05, 4.69) is 15.0 Å². The van der Waals surface area contributed by atoms with Crippen LogP contribution in [0.2, 0.25) is 0 Å². The SMILES string of the molecule is Cn1nnc2c(S(=O)(=O)N[C@H](c3ccccc3)C3CC(O)C3)cccc21. The first kappa shape index (κ1) is 17.1. The molecule has 0 unspecified atom stereocenters. The molecule has 0 aliphatic heterocycles. The molecule has 26 heavy (non-hydrogen) atoms. The molecule has 1 aliphatic rings. The molecule has 0 spiro atoms. The summed E-state index contributed by atoms with van der Waals surface area (Å²) in [4.78, 5) is 0.115. The number of hydrogen-bond acceptors (Lipinski definition) is 5. The zero-order chi connectivity index (χ0) is 18.3. The maximum Gasteiger partial charge on any atom is 0.243 e. The van der Waals surface area contributed by atoms with E-state index in [9.17, 15) is 13.5 Å². The second kappa shape index (κ2) is 6.46. The summed E-state index contributed by atoms with van der Waals surface area (Å²) in [6, 6.07) is 14.1. The number of aryl methyl sites for hydroxylation is 1. The van der Waals surface area contributed by atoms with Crippen LogP contribution < -0.4 is 4.72 Å². The van der Waals surface area contributed by atoms with Gasteiger partial charge in [-0.2, -0.15) is 0 Å². The molecule has 8 heteroatoms. The summed E-state index contributed by atoms with van der Waals surface area (Å²) in [7, 11) is -2.08. The molecule has 0 amide bonds. The Morgan fingerprint density at radius 3 is 2.58 bits per heavy atom. The Kier molecular flexibility index (Phi) is 4.26. The second-order valence-corrected chi connectivity index (χ2v) is 8.41. The minimum absolute atomic E-state index is 0.0586. The van der Waals surface area contributed by atoms with Gasteiger partial charge in [0.05, 0.1) is 11.6 Å². The first-order chi connectivity index (χ1) is 12.5. The van der Waals surface area contributed by atoms with Crippen molar-refractivity contribution >= 4 is 21.1 Å². The van der Waals surface area contributed by atoms with Gasteiger partial charge >= 0.3 is 0 Å². The molecule has 0 bridgehead atoms. The summed E-state index contributed by atoms with van der Waals surface area (Å²) < 4.78 is 30.6. The average molecular weight is 372 g/mol. The van der Waals surface area contributed by atoms with Crippen LogP contribution in [0, 0.1) is 5.92 Å². The van der Waals surface area contributed by atoms with Gasteiger partial charge in [-0.3, -0.25) is 0 Å². The van der Waals surface area contributed by atoms with Crippen molar-refractivity contribution in [1.82, 2.24) is 19.7 Å². The Hall–Kier alpha value is -2.29. The molecular weight excluding hydrogens is 352 g/mol. The van der Waals surface area contributed by atoms with Crippen molar-refractivity contribution in [3.05, 3.63) is 54.1 Å². The molecule has 1 aliphatic carbocycles. The lowest BCUT2D eigenvalue weighted by molar-refractivity contribution is 0.0280. The standard InChI is InChI=1S/C18H20N4O3S/c1-22-15-8-5-9-16(18(15)19-21-22)26(24,25)20-17(13-10-14(23)11-13)12-6-3-2-4-7-12/h2-9,13-14,17,20,23H,10-11H2,1H3/t13?,14?,17-/m1/s1. The van der Waals surface area contributed by atoms with Crippen LogP contribution >= 0.6 is 0 Å². The van der Waals surface area contributed by atoms with Gasteiger partial charge in [-0.25, -0.2) is 17.8 Å². The highest BCUT2D eigenvalue weighted by Crippen LogP contribution is 2.39. The fourth-order valence-corrected chi connectivity index (χ4v) is 4.93. The van der Waals surface area contributed by atoms with Crippen molar-refractivity contribution in [1.29, 1.82) is 0 Å². The third-order valence-corrected chi connectivity index (χ3v) is 6.43. The predicted octanol–water partition coefficient (Wildman–Crippen LogP) is 1.76. The summed E-state index contributed by atoms with van der Waals surface area (Å²) in [5.74, 6) is 0.0586. The lowest BCUT2D eigenvalue weighted by Gasteiger charge is -2.38. The summed E-state index contributed by atoms with van der Waals surface area (Å²) in [5.41, 5.74) is 1.89. The van der Waals surface area contributed by atoms with Crippen molar-refractivity contribution in [3.63, 3.8) is 0 Å². The van der Waals surface area contributed by atoms with Crippen molar-refractivity contribution in [2.45, 2.75) is 29.9 Å². The Morgan fingerprint density at radius 2 is 1.88 bits per heavy atom. The molecule has 1 saturated carbocycles. The zero-order valence-corrected chi connectivity index (χ0v) is 15.1. The molecule has 2 N–H and O–H groups in total. The number of hydrogen-bond donors (Lipinski definition) is 2. The summed E-state index contributed by atoms with van der Waals surface area (Å²) in [6.45, 7) is 0. The normalized spacial score (nSPS) is 21.5. The third kappa shape index (κ3) is 3.00. The van der Waals surface area contributed by atoms with Gasteiger partial charge in [0.1, 0.15) is 10.4 Å². The summed E-state index contributed by atoms with van der Waals surface area (Å²) in [6.07, 6.45) is 0.800. The van der Waals surface area contributed by atoms with Crippen molar-refractivity contribution in [2.75, 3.05) is 0 Å². The molecule has 4 rings (SSSR count). The Bertz CT molecular complexity index is 1030. The number of aromatic nitrogens is 3. The van der Waals surface area contributed by atoms with Crippen molar-refractivity contribution in [2.24, 2.45) is 13.0 Å². The van der Waals surface area contributed by atoms with Crippen LogP contribution in [-0.2, 0) is 17.1 Å². The highest BCUT2D eigenvalue weighted by atomic mass is 32.2. The molecule has 1 atom stereocenters. The van der Waals surface area contributed by atoms with Crippen LogP contribution in [0.5, 0.6) is 0 Å². The van der Waals surface area contributed by atoms with E-state index >= 15 is 0 Å². The van der Waals surface area contributed by atoms with E-state index in [1.807, 2.05) is 30.3 Å². The third-order valence-electron chi connectivity index (χ3n) is 4.96. The highest BCUT2D eigenvalue weighted by Gasteiger charge is 2.37. The summed E-state index contributed by atoms with van der Waals surface area (Å²) >= 11 is 0. The number of sulfonamides is 1. The van der Waals surface area contributed by atoms with Gasteiger partial charge in [0.2, 0.25) is 10.0 Å². The summed E-state index contributed by atoms with van der Waals surface area (Å²) in [5, 5.41) is 17.6. The number of aliphatic hydroxyl groups excluding tert-OH is 1. The first-order valence-electron chi connectivity index (χ1n) is 8.49. The minimum Gasteiger partial charge on any atom is -0.393 e. The molecule has 3 aromatic rings. The van der Waals surface area contributed by atoms with Gasteiger partial charge in [-0.05, 0) is 36.5 Å². The van der Waals surface area contributed by atoms with Gasteiger partial charge in [0.15, 0.2) is 0 Å². The minimum atomic E-state index is -3.81. The predicted molar refractivity (Wildman–Crippen MR) is 96.7 cm³/mol. The highest BCUT2D eigenvalue weighted by molar-refractivity contribution is 7.89. The van der Waals surface area contributed by atoms with E-state index < -0.39 is 16.1 Å². The first-order valence-corrected chi connectivity index (χ1v) is 9.98. The maximum absolute atomic E-state index is 13.1. The van der Waals surface area contributed by atoms with Crippen LogP contribution in [0.1, 0.15) is 24.4 Å². The monoisotopic (exact) mass is 372 g/mol. The van der Waals surface area contributed by atoms with Crippen LogP contribution in [-0.4, -0.2) is 34.6 Å². The maximum atomic E-state index is 13.1. The van der Waals surface area contributed by atoms with E-state index in [1.54, 1.807) is 23.9 Å². The molecule has 1 heterocycles. The van der Waals surface area contributed by atoms with Gasteiger partial charge in [-0.15, -0.1) is 5.10 Å². The zero-order valence-electron chi connectivity index (χ0n) is 14.3. The number of aliphatic hydroxyl groups is 1. The van der Waals surface area contributed by atoms with Crippen LogP contribution in [0.4, 0.5) is 0 Å². The number of fused-ring (bicyclic) bond motifs is 1. The number of nitrogens with zero attached hydrogens (tertiary/aromatic N) is 3. The molecule has 136 valence electrons. The number of rotatable bonds is 5. The Labute approximate surface area is 151 Å². The quantitative estimate of drug-likeness (QED) is 0.711. The second-order valence-electron chi connectivity index (χ2n) is 6.73. The topological polar surface area (TPSA) is 97.1 Å². The van der Waals surface area contributed by atoms with E-state index in [0.29, 0.717) is 23.9 Å². The van der Waals surface area contributed by atoms with Crippen molar-refractivity contribution < 1.29 is 13.5 Å². The lowest BCUT2D eigenvalue weighted by atomic mass is 9.75. The van der Waals surface area contributed by atoms with Crippen LogP contribution in [0.3, 0.4) is 0 Å². The van der Waals surface area contributed by atoms with E-state index in [-0.39, 0.29) is 16.9 Å². The van der Waals surface area contributed by atoms with Crippen molar-refractivity contribution in [3.8, 4) is 0 Å². The average Bonchev–Trinajstić information content (AvgIpc) is 2.99. The Balaban J connectivity index is 1.72. The fourth-order valence-electron chi connectivity index (χ4n) is 3.48. The molecule has 7 nitrogen and oxygen atoms in total. The van der Waals surface area contributed by atoms with Gasteiger partial charge < -0.3 is 5.11 Å². The van der Waals surface area contributed by atoms with Gasteiger partial charge in [0.25, 0.3) is 0 Å². The number of benzene rings is 2. The van der Waals surface area contributed by atoms with Crippen LogP contribution in [0.25, 0.3) is 11.0 Å². The molecule has 0 radical (unpaired) electrons. The number of nitrogens with one attached hydrogen (secondary N) is 1. The molecule has 1 aromatic heterocycles. The van der Waals surface area contributed by atoms with E-state index in [4.69, 9.17) is 0 Å². The molecule has 2 aromatic carbocycles. The molecule has 0 saturated heterocycles. The fraction of sp³-hybridized carbons (Fsp3) is 0.333. The molecular formula is C18H20N4O3S. The lowest BCUT2D eigenvalue weighted by Crippen LogP contribution is -2.41. The van der Waals surface area contributed by atoms with E-state index in [1.165, 1.54) is 6.07 Å². The van der Waals surface area contributed by atoms with Gasteiger partial charge in [-0.1, -0.05) is 41.6 Å². The van der Waals surface area contributed by atoms with E-state index in [0.717, 1.165) is 5.56 Å². The van der Waals surface area contributed by atoms with Gasteiger partial charge in [0, 0.05) is 13.1 Å².